The van der Waals surface area contributed by atoms with E-state index in [1.54, 1.807) is 25.6 Å². The summed E-state index contributed by atoms with van der Waals surface area (Å²) >= 11 is 0. The van der Waals surface area contributed by atoms with Gasteiger partial charge in [-0.25, -0.2) is 24.9 Å². The Morgan fingerprint density at radius 2 is 1.83 bits per heavy atom. The summed E-state index contributed by atoms with van der Waals surface area (Å²) in [7, 11) is 3.73. The van der Waals surface area contributed by atoms with Crippen molar-refractivity contribution in [3.05, 3.63) is 42.0 Å². The van der Waals surface area contributed by atoms with E-state index in [4.69, 9.17) is 24.7 Å². The summed E-state index contributed by atoms with van der Waals surface area (Å²) in [5, 5.41) is 10.9. The smallest absolute Gasteiger partial charge is 0.550 e. The summed E-state index contributed by atoms with van der Waals surface area (Å²) in [5.74, 6) is 0.115. The summed E-state index contributed by atoms with van der Waals surface area (Å²) in [4.78, 5) is 43.8. The molecule has 1 saturated heterocycles. The quantitative estimate of drug-likeness (QED) is 0.214. The number of aliphatic carboxylic acids is 1. The van der Waals surface area contributed by atoms with Gasteiger partial charge >= 0.3 is 35.7 Å². The van der Waals surface area contributed by atoms with Gasteiger partial charge in [0.05, 0.1) is 30.4 Å². The number of carboxylic acid groups (broad SMARTS) is 1. The molecule has 4 aromatic heterocycles. The van der Waals surface area contributed by atoms with Gasteiger partial charge in [-0.1, -0.05) is 19.3 Å². The molecule has 1 N–H and O–H groups in total. The minimum Gasteiger partial charge on any atom is -0.550 e. The number of imidazole rings is 1. The molecule has 0 aromatic carbocycles. The van der Waals surface area contributed by atoms with Gasteiger partial charge in [-0.15, -0.1) is 0 Å². The van der Waals surface area contributed by atoms with Gasteiger partial charge in [0.1, 0.15) is 22.7 Å². The van der Waals surface area contributed by atoms with Crippen molar-refractivity contribution in [2.24, 2.45) is 5.41 Å². The molecule has 1 atom stereocenters. The van der Waals surface area contributed by atoms with Crippen LogP contribution in [0.4, 0.5) is 24.7 Å². The second kappa shape index (κ2) is 16.2. The zero-order chi connectivity index (χ0) is 36.6. The first-order chi connectivity index (χ1) is 24.9. The number of rotatable bonds is 12. The summed E-state index contributed by atoms with van der Waals surface area (Å²) < 4.78 is 47.9. The van der Waals surface area contributed by atoms with Crippen LogP contribution in [-0.2, 0) is 15.7 Å². The Labute approximate surface area is 329 Å². The monoisotopic (exact) mass is 743 g/mol. The number of alkyl halides is 3. The SMILES string of the molecule is COCC1(CN(C)c2cc(-c3cc(C4CC4)nc(C(F)(F)F)c3)nc3nc(-c4cnc(N5CCN(CCC(=O)[O-])C[C@H]5C)cn4)[nH]c23)CCCCC1.[Na+]. The molecular weight excluding hydrogens is 698 g/mol. The van der Waals surface area contributed by atoms with Gasteiger partial charge in [-0.05, 0) is 57.2 Å². The number of anilines is 2. The van der Waals surface area contributed by atoms with Crippen LogP contribution in [0.2, 0.25) is 0 Å². The topological polar surface area (TPSA) is 139 Å². The number of piperazine rings is 1. The Balaban J connectivity index is 0.00000481. The van der Waals surface area contributed by atoms with E-state index in [1.807, 2.05) is 13.1 Å². The molecule has 0 spiro atoms. The number of fused-ring (bicyclic) bond motifs is 1. The number of carbonyl (C=O) groups is 1. The van der Waals surface area contributed by atoms with Crippen molar-refractivity contribution in [1.82, 2.24) is 34.8 Å². The molecule has 278 valence electrons. The number of hydrogen-bond donors (Lipinski definition) is 1. The maximum Gasteiger partial charge on any atom is 1.00 e. The second-order valence-corrected chi connectivity index (χ2v) is 14.8. The van der Waals surface area contributed by atoms with Crippen molar-refractivity contribution in [2.75, 3.05) is 63.3 Å². The number of pyridine rings is 2. The first kappa shape index (κ1) is 39.3. The standard InChI is InChI=1S/C37H46F3N9O3.Na/c1-23-20-48(12-9-32(50)51)13-14-49(23)31-19-41-28(18-42-31)34-45-33-29(47(2)21-36(22-52-3)10-5-4-6-11-36)17-27(44-35(33)46-34)25-15-26(24-7-8-24)43-30(16-25)37(38,39)40;/h15-19,23-24H,4-14,20-22H2,1-3H3,(H,50,51)(H,44,45,46);/q;+1/p-1/t23-;/m1./s1. The fourth-order valence-corrected chi connectivity index (χ4v) is 7.94. The third-order valence-electron chi connectivity index (χ3n) is 10.7. The molecule has 12 nitrogen and oxygen atoms in total. The number of aromatic nitrogens is 6. The molecule has 7 rings (SSSR count). The van der Waals surface area contributed by atoms with E-state index in [1.165, 1.54) is 6.42 Å². The van der Waals surface area contributed by atoms with Crippen LogP contribution in [0.25, 0.3) is 33.9 Å². The normalized spacial score (nSPS) is 19.3. The van der Waals surface area contributed by atoms with E-state index >= 15 is 0 Å². The molecule has 3 fully saturated rings. The zero-order valence-electron chi connectivity index (χ0n) is 30.9. The first-order valence-electron chi connectivity index (χ1n) is 18.1. The number of halogens is 3. The predicted octanol–water partition coefficient (Wildman–Crippen LogP) is 2.06. The van der Waals surface area contributed by atoms with E-state index in [2.05, 4.69) is 31.6 Å². The predicted molar refractivity (Wildman–Crippen MR) is 189 cm³/mol. The largest absolute Gasteiger partial charge is 1.00 e. The van der Waals surface area contributed by atoms with Crippen LogP contribution in [0.15, 0.2) is 30.6 Å². The Kier molecular flexibility index (Phi) is 12.0. The molecule has 4 aromatic rings. The fraction of sp³-hybridized carbons (Fsp3) is 0.568. The van der Waals surface area contributed by atoms with Gasteiger partial charge in [0.15, 0.2) is 11.5 Å². The van der Waals surface area contributed by atoms with Gasteiger partial charge in [0.25, 0.3) is 0 Å². The van der Waals surface area contributed by atoms with Crippen LogP contribution in [0, 0.1) is 5.41 Å². The third kappa shape index (κ3) is 8.96. The number of nitrogens with zero attached hydrogens (tertiary/aromatic N) is 8. The molecule has 0 radical (unpaired) electrons. The Bertz CT molecular complexity index is 1890. The molecule has 0 bridgehead atoms. The van der Waals surface area contributed by atoms with Crippen LogP contribution in [0.3, 0.4) is 0 Å². The summed E-state index contributed by atoms with van der Waals surface area (Å²) in [6.07, 6.45) is 5.89. The van der Waals surface area contributed by atoms with Crippen molar-refractivity contribution in [1.29, 1.82) is 0 Å². The summed E-state index contributed by atoms with van der Waals surface area (Å²) in [6.45, 7) is 5.89. The third-order valence-corrected chi connectivity index (χ3v) is 10.7. The van der Waals surface area contributed by atoms with Gasteiger partial charge in [-0.2, -0.15) is 13.2 Å². The fourth-order valence-electron chi connectivity index (χ4n) is 7.94. The van der Waals surface area contributed by atoms with Crippen molar-refractivity contribution in [3.8, 4) is 22.8 Å². The molecule has 1 aliphatic heterocycles. The van der Waals surface area contributed by atoms with Crippen molar-refractivity contribution in [3.63, 3.8) is 0 Å². The Morgan fingerprint density at radius 3 is 2.47 bits per heavy atom. The van der Waals surface area contributed by atoms with E-state index in [-0.39, 0.29) is 53.4 Å². The van der Waals surface area contributed by atoms with Crippen molar-refractivity contribution in [2.45, 2.75) is 76.4 Å². The van der Waals surface area contributed by atoms with E-state index < -0.39 is 17.8 Å². The molecule has 2 saturated carbocycles. The van der Waals surface area contributed by atoms with Crippen LogP contribution < -0.4 is 44.5 Å². The molecule has 16 heteroatoms. The molecule has 3 aliphatic rings. The number of carboxylic acids is 1. The van der Waals surface area contributed by atoms with E-state index in [9.17, 15) is 23.1 Å². The average molecular weight is 744 g/mol. The molecular formula is C37H45F3N9NaO3. The number of aromatic amines is 1. The zero-order valence-corrected chi connectivity index (χ0v) is 32.9. The summed E-state index contributed by atoms with van der Waals surface area (Å²) in [6, 6.07) is 4.77. The number of H-pyrrole nitrogens is 1. The molecule has 53 heavy (non-hydrogen) atoms. The number of methoxy groups -OCH3 is 1. The minimum atomic E-state index is -4.59. The second-order valence-electron chi connectivity index (χ2n) is 14.8. The number of nitrogens with one attached hydrogen (secondary N) is 1. The maximum absolute atomic E-state index is 14.1. The number of hydrogen-bond acceptors (Lipinski definition) is 11. The van der Waals surface area contributed by atoms with Crippen molar-refractivity contribution >= 4 is 28.6 Å². The minimum absolute atomic E-state index is 0. The van der Waals surface area contributed by atoms with Crippen LogP contribution in [-0.4, -0.2) is 100 Å². The van der Waals surface area contributed by atoms with E-state index in [0.717, 1.165) is 50.3 Å². The number of carbonyl (C=O) groups excluding carboxylic acids is 1. The van der Waals surface area contributed by atoms with Gasteiger partial charge in [0, 0.05) is 81.5 Å². The molecule has 0 unspecified atom stereocenters. The van der Waals surface area contributed by atoms with Crippen LogP contribution >= 0.6 is 0 Å². The van der Waals surface area contributed by atoms with E-state index in [0.29, 0.717) is 84.8 Å². The van der Waals surface area contributed by atoms with Gasteiger partial charge in [0.2, 0.25) is 0 Å². The van der Waals surface area contributed by atoms with Crippen molar-refractivity contribution < 1.29 is 57.4 Å². The molecule has 2 aliphatic carbocycles. The Hall–Kier alpha value is -3.37. The van der Waals surface area contributed by atoms with Gasteiger partial charge < -0.3 is 29.4 Å². The van der Waals surface area contributed by atoms with Gasteiger partial charge in [-0.3, -0.25) is 4.90 Å². The van der Waals surface area contributed by atoms with Crippen LogP contribution in [0.1, 0.15) is 75.6 Å². The first-order valence-corrected chi connectivity index (χ1v) is 18.1. The number of ether oxygens (including phenoxy) is 1. The maximum atomic E-state index is 14.1. The average Bonchev–Trinajstić information content (AvgIpc) is 3.89. The Morgan fingerprint density at radius 1 is 1.06 bits per heavy atom. The summed E-state index contributed by atoms with van der Waals surface area (Å²) in [5.41, 5.74) is 2.50. The van der Waals surface area contributed by atoms with Crippen LogP contribution in [0.5, 0.6) is 0 Å². The molecule has 5 heterocycles. The molecule has 0 amide bonds.